The van der Waals surface area contributed by atoms with Gasteiger partial charge in [-0.25, -0.2) is 0 Å². The minimum Gasteiger partial charge on any atom is -0.352 e. The first-order valence-electron chi connectivity index (χ1n) is 14.2. The largest absolute Gasteiger partial charge is 0.352 e. The summed E-state index contributed by atoms with van der Waals surface area (Å²) in [6.45, 7) is 0. The number of hydrogen-bond donors (Lipinski definition) is 2. The van der Waals surface area contributed by atoms with Crippen LogP contribution in [-0.2, 0) is 6.42 Å². The van der Waals surface area contributed by atoms with Gasteiger partial charge in [-0.05, 0) is 148 Å². The molecule has 0 saturated heterocycles. The number of nitrogens with zero attached hydrogens (tertiary/aromatic N) is 2. The van der Waals surface area contributed by atoms with Crippen LogP contribution >= 0.6 is 45.2 Å². The summed E-state index contributed by atoms with van der Waals surface area (Å²) < 4.78 is 2.42. The second-order valence-electron chi connectivity index (χ2n) is 10.8. The monoisotopic (exact) mass is 780 g/mol. The standard InChI is InChI=1S/C37H26I2N4/c38-26-13-17-32-36(22-26)42(28-7-3-1-4-8-28)34-20-24(11-15-30(34)40-32)19-25-12-16-31-35(21-25)43(29-9-5-2-6-10-29)37-23-27(39)14-18-33(37)41-31/h1-18,20-23,40-41H,19H2. The number of hydrogen-bond acceptors (Lipinski definition) is 4. The van der Waals surface area contributed by atoms with Gasteiger partial charge in [0.1, 0.15) is 0 Å². The maximum absolute atomic E-state index is 3.68. The van der Waals surface area contributed by atoms with E-state index in [1.807, 2.05) is 0 Å². The van der Waals surface area contributed by atoms with Gasteiger partial charge in [-0.3, -0.25) is 0 Å². The van der Waals surface area contributed by atoms with E-state index in [9.17, 15) is 0 Å². The first-order chi connectivity index (χ1) is 21.1. The maximum Gasteiger partial charge on any atom is 0.0708 e. The van der Waals surface area contributed by atoms with E-state index in [0.717, 1.165) is 63.3 Å². The topological polar surface area (TPSA) is 30.5 Å². The summed E-state index contributed by atoms with van der Waals surface area (Å²) >= 11 is 4.80. The van der Waals surface area contributed by atoms with Gasteiger partial charge < -0.3 is 20.4 Å². The Morgan fingerprint density at radius 1 is 0.419 bits per heavy atom. The summed E-state index contributed by atoms with van der Waals surface area (Å²) in [5.41, 5.74) is 13.9. The van der Waals surface area contributed by atoms with Crippen LogP contribution in [0.5, 0.6) is 0 Å². The Bertz CT molecular complexity index is 1850. The summed E-state index contributed by atoms with van der Waals surface area (Å²) in [4.78, 5) is 4.75. The third kappa shape index (κ3) is 4.92. The number of nitrogens with one attached hydrogen (secondary N) is 2. The Kier molecular flexibility index (Phi) is 6.75. The first kappa shape index (κ1) is 26.6. The van der Waals surface area contributed by atoms with E-state index >= 15 is 0 Å². The summed E-state index contributed by atoms with van der Waals surface area (Å²) in [5, 5.41) is 7.35. The number of para-hydroxylation sites is 2. The molecule has 2 N–H and O–H groups in total. The molecule has 8 rings (SSSR count). The smallest absolute Gasteiger partial charge is 0.0708 e. The van der Waals surface area contributed by atoms with Gasteiger partial charge in [-0.15, -0.1) is 0 Å². The molecule has 2 heterocycles. The molecule has 0 unspecified atom stereocenters. The Labute approximate surface area is 278 Å². The number of fused-ring (bicyclic) bond motifs is 4. The van der Waals surface area contributed by atoms with Gasteiger partial charge in [-0.2, -0.15) is 0 Å². The Hall–Kier alpha value is -4.02. The van der Waals surface area contributed by atoms with Crippen LogP contribution in [0.15, 0.2) is 133 Å². The lowest BCUT2D eigenvalue weighted by atomic mass is 9.99. The maximum atomic E-state index is 3.68. The van der Waals surface area contributed by atoms with Crippen LogP contribution in [0.2, 0.25) is 0 Å². The molecule has 0 radical (unpaired) electrons. The van der Waals surface area contributed by atoms with Crippen molar-refractivity contribution < 1.29 is 0 Å². The highest BCUT2D eigenvalue weighted by Crippen LogP contribution is 2.50. The molecule has 0 atom stereocenters. The van der Waals surface area contributed by atoms with Crippen LogP contribution in [-0.4, -0.2) is 0 Å². The molecule has 0 saturated carbocycles. The lowest BCUT2D eigenvalue weighted by Gasteiger charge is -2.35. The summed E-state index contributed by atoms with van der Waals surface area (Å²) in [6.07, 6.45) is 0.824. The number of anilines is 10. The predicted molar refractivity (Wildman–Crippen MR) is 197 cm³/mol. The van der Waals surface area contributed by atoms with Crippen molar-refractivity contribution in [2.24, 2.45) is 0 Å². The summed E-state index contributed by atoms with van der Waals surface area (Å²) in [5.74, 6) is 0. The van der Waals surface area contributed by atoms with E-state index in [0.29, 0.717) is 0 Å². The van der Waals surface area contributed by atoms with Crippen molar-refractivity contribution in [1.82, 2.24) is 0 Å². The zero-order chi connectivity index (χ0) is 28.9. The Balaban J connectivity index is 1.19. The third-order valence-corrected chi connectivity index (χ3v) is 9.33. The number of rotatable bonds is 4. The molecule has 0 fully saturated rings. The van der Waals surface area contributed by atoms with Crippen LogP contribution in [0.4, 0.5) is 56.9 Å². The van der Waals surface area contributed by atoms with E-state index < -0.39 is 0 Å². The van der Waals surface area contributed by atoms with Gasteiger partial charge in [0.2, 0.25) is 0 Å². The fraction of sp³-hybridized carbons (Fsp3) is 0.0270. The van der Waals surface area contributed by atoms with Crippen molar-refractivity contribution in [3.8, 4) is 0 Å². The van der Waals surface area contributed by atoms with Crippen molar-refractivity contribution in [2.75, 3.05) is 20.4 Å². The van der Waals surface area contributed by atoms with Crippen molar-refractivity contribution in [2.45, 2.75) is 6.42 Å². The van der Waals surface area contributed by atoms with Crippen LogP contribution in [0.1, 0.15) is 11.1 Å². The summed E-state index contributed by atoms with van der Waals surface area (Å²) in [6, 6.07) is 48.0. The van der Waals surface area contributed by atoms with Crippen LogP contribution in [0.3, 0.4) is 0 Å². The second kappa shape index (κ2) is 10.9. The Morgan fingerprint density at radius 3 is 1.21 bits per heavy atom. The number of benzene rings is 6. The molecule has 2 aliphatic rings. The van der Waals surface area contributed by atoms with E-state index in [-0.39, 0.29) is 0 Å². The molecular formula is C37H26I2N4. The molecule has 0 spiro atoms. The molecule has 6 aromatic carbocycles. The average molecular weight is 780 g/mol. The molecule has 0 bridgehead atoms. The molecule has 6 heteroatoms. The van der Waals surface area contributed by atoms with E-state index in [2.05, 4.69) is 199 Å². The van der Waals surface area contributed by atoms with Gasteiger partial charge in [-0.1, -0.05) is 48.5 Å². The van der Waals surface area contributed by atoms with Gasteiger partial charge in [0.25, 0.3) is 0 Å². The molecule has 6 aromatic rings. The highest BCUT2D eigenvalue weighted by molar-refractivity contribution is 14.1. The first-order valence-corrected chi connectivity index (χ1v) is 16.4. The Morgan fingerprint density at radius 2 is 0.791 bits per heavy atom. The summed E-state index contributed by atoms with van der Waals surface area (Å²) in [7, 11) is 0. The van der Waals surface area contributed by atoms with E-state index in [1.165, 1.54) is 18.3 Å². The van der Waals surface area contributed by atoms with E-state index in [4.69, 9.17) is 0 Å². The van der Waals surface area contributed by atoms with Crippen LogP contribution in [0, 0.1) is 7.14 Å². The van der Waals surface area contributed by atoms with Gasteiger partial charge >= 0.3 is 0 Å². The third-order valence-electron chi connectivity index (χ3n) is 7.98. The zero-order valence-electron chi connectivity index (χ0n) is 23.1. The molecule has 43 heavy (non-hydrogen) atoms. The molecule has 0 aromatic heterocycles. The van der Waals surface area contributed by atoms with Gasteiger partial charge in [0.05, 0.1) is 45.5 Å². The highest BCUT2D eigenvalue weighted by Gasteiger charge is 2.26. The zero-order valence-corrected chi connectivity index (χ0v) is 27.4. The van der Waals surface area contributed by atoms with Crippen molar-refractivity contribution >= 4 is 102 Å². The molecule has 208 valence electrons. The minimum atomic E-state index is 0.824. The predicted octanol–water partition coefficient (Wildman–Crippen LogP) is 11.5. The van der Waals surface area contributed by atoms with Gasteiger partial charge in [0, 0.05) is 18.5 Å². The molecule has 0 amide bonds. The molecule has 4 nitrogen and oxygen atoms in total. The normalized spacial score (nSPS) is 12.8. The second-order valence-corrected chi connectivity index (χ2v) is 13.3. The number of halogens is 2. The highest BCUT2D eigenvalue weighted by atomic mass is 127. The van der Waals surface area contributed by atoms with Crippen molar-refractivity contribution in [1.29, 1.82) is 0 Å². The van der Waals surface area contributed by atoms with Crippen LogP contribution < -0.4 is 20.4 Å². The fourth-order valence-electron chi connectivity index (χ4n) is 6.04. The van der Waals surface area contributed by atoms with E-state index in [1.54, 1.807) is 0 Å². The van der Waals surface area contributed by atoms with Crippen LogP contribution in [0.25, 0.3) is 0 Å². The van der Waals surface area contributed by atoms with Crippen molar-refractivity contribution in [3.05, 3.63) is 152 Å². The minimum absolute atomic E-state index is 0.824. The van der Waals surface area contributed by atoms with Crippen molar-refractivity contribution in [3.63, 3.8) is 0 Å². The fourth-order valence-corrected chi connectivity index (χ4v) is 6.99. The lowest BCUT2D eigenvalue weighted by Crippen LogP contribution is -2.18. The molecule has 2 aliphatic heterocycles. The van der Waals surface area contributed by atoms with Gasteiger partial charge in [0.15, 0.2) is 0 Å². The molecule has 0 aliphatic carbocycles. The molecular weight excluding hydrogens is 754 g/mol. The average Bonchev–Trinajstić information content (AvgIpc) is 3.03. The lowest BCUT2D eigenvalue weighted by molar-refractivity contribution is 1.16. The quantitative estimate of drug-likeness (QED) is 0.174. The SMILES string of the molecule is Ic1ccc2c(c1)N(c1ccccc1)c1cc(Cc3ccc4c(c3)N(c3ccccc3)c3cc(I)ccc3N4)ccc1N2.